The Morgan fingerprint density at radius 2 is 1.88 bits per heavy atom. The zero-order chi connectivity index (χ0) is 12.7. The van der Waals surface area contributed by atoms with Gasteiger partial charge in [0.25, 0.3) is 0 Å². The first-order valence-corrected chi connectivity index (χ1v) is 6.57. The van der Waals surface area contributed by atoms with Gasteiger partial charge in [0.1, 0.15) is 0 Å². The second-order valence-electron chi connectivity index (χ2n) is 5.11. The third-order valence-corrected chi connectivity index (χ3v) is 3.73. The van der Waals surface area contributed by atoms with Crippen LogP contribution in [0.5, 0.6) is 0 Å². The molecule has 1 aromatic rings. The van der Waals surface area contributed by atoms with Crippen LogP contribution in [0.2, 0.25) is 0 Å². The molecule has 0 saturated heterocycles. The molecule has 2 N–H and O–H groups in total. The summed E-state index contributed by atoms with van der Waals surface area (Å²) in [4.78, 5) is 2.41. The summed E-state index contributed by atoms with van der Waals surface area (Å²) in [5, 5.41) is 0. The second-order valence-corrected chi connectivity index (χ2v) is 5.11. The van der Waals surface area contributed by atoms with Crippen LogP contribution in [0.25, 0.3) is 0 Å². The summed E-state index contributed by atoms with van der Waals surface area (Å²) in [6.45, 7) is 6.28. The molecule has 0 spiro atoms. The van der Waals surface area contributed by atoms with Crippen molar-refractivity contribution in [3.8, 4) is 0 Å². The van der Waals surface area contributed by atoms with E-state index in [1.54, 1.807) is 0 Å². The predicted molar refractivity (Wildman–Crippen MR) is 75.1 cm³/mol. The van der Waals surface area contributed by atoms with Crippen molar-refractivity contribution < 1.29 is 0 Å². The number of nitrogens with zero attached hydrogens (tertiary/aromatic N) is 1. The summed E-state index contributed by atoms with van der Waals surface area (Å²) in [6, 6.07) is 10.6. The van der Waals surface area contributed by atoms with Crippen molar-refractivity contribution in [3.05, 3.63) is 35.9 Å². The van der Waals surface area contributed by atoms with Gasteiger partial charge < -0.3 is 5.73 Å². The highest BCUT2D eigenvalue weighted by Gasteiger charge is 2.25. The zero-order valence-electron chi connectivity index (χ0n) is 11.4. The Balaban J connectivity index is 2.50. The molecular formula is C15H26N2. The number of hydrogen-bond acceptors (Lipinski definition) is 2. The van der Waals surface area contributed by atoms with Gasteiger partial charge in [-0.3, -0.25) is 4.90 Å². The topological polar surface area (TPSA) is 29.3 Å². The quantitative estimate of drug-likeness (QED) is 0.786. The molecule has 0 amide bonds. The molecular weight excluding hydrogens is 208 g/mol. The van der Waals surface area contributed by atoms with E-state index in [4.69, 9.17) is 5.73 Å². The van der Waals surface area contributed by atoms with E-state index < -0.39 is 0 Å². The number of nitrogens with two attached hydrogens (primary N) is 1. The summed E-state index contributed by atoms with van der Waals surface area (Å²) >= 11 is 0. The fourth-order valence-electron chi connectivity index (χ4n) is 2.20. The minimum absolute atomic E-state index is 0.142. The molecule has 0 aliphatic carbocycles. The van der Waals surface area contributed by atoms with Crippen molar-refractivity contribution in [3.63, 3.8) is 0 Å². The van der Waals surface area contributed by atoms with E-state index in [1.807, 2.05) is 0 Å². The number of likely N-dealkylation sites (N-methyl/N-ethyl adjacent to an activating group) is 1. The smallest absolute Gasteiger partial charge is 0.0300 e. The van der Waals surface area contributed by atoms with Crippen LogP contribution >= 0.6 is 0 Å². The van der Waals surface area contributed by atoms with Gasteiger partial charge in [-0.2, -0.15) is 0 Å². The molecule has 0 bridgehead atoms. The Kier molecular flexibility index (Phi) is 5.66. The maximum Gasteiger partial charge on any atom is 0.0300 e. The van der Waals surface area contributed by atoms with Gasteiger partial charge in [-0.25, -0.2) is 0 Å². The maximum atomic E-state index is 5.92. The Hall–Kier alpha value is -0.860. The van der Waals surface area contributed by atoms with Gasteiger partial charge >= 0.3 is 0 Å². The van der Waals surface area contributed by atoms with E-state index in [0.29, 0.717) is 0 Å². The summed E-state index contributed by atoms with van der Waals surface area (Å²) < 4.78 is 0. The SMILES string of the molecule is CCCC(C)(CN)N(C)CCc1ccccc1. The van der Waals surface area contributed by atoms with Crippen LogP contribution in [-0.2, 0) is 6.42 Å². The van der Waals surface area contributed by atoms with E-state index in [-0.39, 0.29) is 5.54 Å². The van der Waals surface area contributed by atoms with Gasteiger partial charge in [-0.15, -0.1) is 0 Å². The lowest BCUT2D eigenvalue weighted by atomic mass is 9.94. The molecule has 1 rings (SSSR count). The summed E-state index contributed by atoms with van der Waals surface area (Å²) in [5.74, 6) is 0. The molecule has 96 valence electrons. The van der Waals surface area contributed by atoms with Crippen molar-refractivity contribution in [2.45, 2.75) is 38.6 Å². The highest BCUT2D eigenvalue weighted by molar-refractivity contribution is 5.15. The highest BCUT2D eigenvalue weighted by Crippen LogP contribution is 2.18. The van der Waals surface area contributed by atoms with E-state index in [0.717, 1.165) is 25.9 Å². The first-order chi connectivity index (χ1) is 8.12. The normalized spacial score (nSPS) is 14.9. The van der Waals surface area contributed by atoms with Gasteiger partial charge in [-0.1, -0.05) is 43.7 Å². The minimum atomic E-state index is 0.142. The van der Waals surface area contributed by atoms with E-state index in [9.17, 15) is 0 Å². The number of hydrogen-bond donors (Lipinski definition) is 1. The van der Waals surface area contributed by atoms with Crippen LogP contribution in [-0.4, -0.2) is 30.6 Å². The monoisotopic (exact) mass is 234 g/mol. The van der Waals surface area contributed by atoms with Crippen LogP contribution in [0.4, 0.5) is 0 Å². The van der Waals surface area contributed by atoms with Gasteiger partial charge in [0.2, 0.25) is 0 Å². The molecule has 0 aliphatic rings. The number of benzene rings is 1. The molecule has 2 heteroatoms. The van der Waals surface area contributed by atoms with Crippen molar-refractivity contribution >= 4 is 0 Å². The molecule has 0 aromatic heterocycles. The van der Waals surface area contributed by atoms with Gasteiger partial charge in [0.15, 0.2) is 0 Å². The maximum absolute atomic E-state index is 5.92. The Labute approximate surface area is 106 Å². The molecule has 1 aromatic carbocycles. The lowest BCUT2D eigenvalue weighted by Gasteiger charge is -2.38. The molecule has 0 aliphatic heterocycles. The second kappa shape index (κ2) is 6.77. The molecule has 1 unspecified atom stereocenters. The van der Waals surface area contributed by atoms with E-state index in [1.165, 1.54) is 12.0 Å². The third kappa shape index (κ3) is 4.14. The minimum Gasteiger partial charge on any atom is -0.329 e. The van der Waals surface area contributed by atoms with Crippen LogP contribution < -0.4 is 5.73 Å². The molecule has 0 fully saturated rings. The molecule has 2 nitrogen and oxygen atoms in total. The highest BCUT2D eigenvalue weighted by atomic mass is 15.2. The lowest BCUT2D eigenvalue weighted by Crippen LogP contribution is -2.50. The molecule has 0 radical (unpaired) electrons. The van der Waals surface area contributed by atoms with Gasteiger partial charge in [0.05, 0.1) is 0 Å². The fourth-order valence-corrected chi connectivity index (χ4v) is 2.20. The van der Waals surface area contributed by atoms with Gasteiger partial charge in [-0.05, 0) is 32.4 Å². The Bertz CT molecular complexity index is 310. The zero-order valence-corrected chi connectivity index (χ0v) is 11.4. The van der Waals surface area contributed by atoms with Crippen molar-refractivity contribution in [2.24, 2.45) is 5.73 Å². The summed E-state index contributed by atoms with van der Waals surface area (Å²) in [7, 11) is 2.19. The number of rotatable bonds is 7. The van der Waals surface area contributed by atoms with Crippen LogP contribution in [0.15, 0.2) is 30.3 Å². The summed E-state index contributed by atoms with van der Waals surface area (Å²) in [5.41, 5.74) is 7.46. The van der Waals surface area contributed by atoms with Crippen molar-refractivity contribution in [1.82, 2.24) is 4.90 Å². The Morgan fingerprint density at radius 3 is 2.41 bits per heavy atom. The Morgan fingerprint density at radius 1 is 1.24 bits per heavy atom. The largest absolute Gasteiger partial charge is 0.329 e. The van der Waals surface area contributed by atoms with Gasteiger partial charge in [0, 0.05) is 18.6 Å². The molecule has 1 atom stereocenters. The average Bonchev–Trinajstić information content (AvgIpc) is 2.37. The van der Waals surface area contributed by atoms with E-state index >= 15 is 0 Å². The average molecular weight is 234 g/mol. The first-order valence-electron chi connectivity index (χ1n) is 6.57. The lowest BCUT2D eigenvalue weighted by molar-refractivity contribution is 0.134. The molecule has 17 heavy (non-hydrogen) atoms. The third-order valence-electron chi connectivity index (χ3n) is 3.73. The first kappa shape index (κ1) is 14.2. The van der Waals surface area contributed by atoms with Crippen molar-refractivity contribution in [1.29, 1.82) is 0 Å². The van der Waals surface area contributed by atoms with Crippen LogP contribution in [0.3, 0.4) is 0 Å². The van der Waals surface area contributed by atoms with Crippen molar-refractivity contribution in [2.75, 3.05) is 20.1 Å². The van der Waals surface area contributed by atoms with E-state index in [2.05, 4.69) is 56.1 Å². The van der Waals surface area contributed by atoms with Crippen LogP contribution in [0.1, 0.15) is 32.3 Å². The summed E-state index contributed by atoms with van der Waals surface area (Å²) in [6.07, 6.45) is 3.44. The molecule has 0 saturated carbocycles. The predicted octanol–water partition coefficient (Wildman–Crippen LogP) is 2.68. The molecule has 0 heterocycles. The van der Waals surface area contributed by atoms with Crippen LogP contribution in [0, 0.1) is 0 Å². The fraction of sp³-hybridized carbons (Fsp3) is 0.600. The standard InChI is InChI=1S/C15H26N2/c1-4-11-15(2,13-16)17(3)12-10-14-8-6-5-7-9-14/h5-9H,4,10-13,16H2,1-3H3.